The molecule has 2 rings (SSSR count). The summed E-state index contributed by atoms with van der Waals surface area (Å²) in [6.07, 6.45) is 0. The van der Waals surface area contributed by atoms with Gasteiger partial charge in [-0.1, -0.05) is 41.4 Å². The molecular weight excluding hydrogens is 423 g/mol. The maximum atomic E-state index is 11.9. The van der Waals surface area contributed by atoms with Crippen LogP contribution in [0.25, 0.3) is 0 Å². The summed E-state index contributed by atoms with van der Waals surface area (Å²) in [6.45, 7) is 0.246. The van der Waals surface area contributed by atoms with Crippen LogP contribution in [-0.2, 0) is 6.61 Å². The van der Waals surface area contributed by atoms with E-state index in [-0.39, 0.29) is 16.7 Å². The molecule has 0 fully saturated rings. The van der Waals surface area contributed by atoms with Gasteiger partial charge in [0.25, 0.3) is 5.91 Å². The van der Waals surface area contributed by atoms with Crippen molar-refractivity contribution >= 4 is 62.4 Å². The van der Waals surface area contributed by atoms with Gasteiger partial charge in [0.05, 0.1) is 9.50 Å². The van der Waals surface area contributed by atoms with Crippen LogP contribution in [-0.4, -0.2) is 11.0 Å². The predicted octanol–water partition coefficient (Wildman–Crippen LogP) is 4.31. The highest BCUT2D eigenvalue weighted by Gasteiger charge is 2.15. The Labute approximate surface area is 157 Å². The number of benzene rings is 2. The summed E-state index contributed by atoms with van der Waals surface area (Å²) in [6, 6.07) is 10.4. The van der Waals surface area contributed by atoms with Crippen molar-refractivity contribution in [3.05, 3.63) is 62.0 Å². The fourth-order valence-electron chi connectivity index (χ4n) is 1.78. The number of halogens is 3. The number of nitrogens with two attached hydrogens (primary N) is 1. The minimum absolute atomic E-state index is 0.110. The average molecular weight is 434 g/mol. The summed E-state index contributed by atoms with van der Waals surface area (Å²) in [4.78, 5) is 11.9. The van der Waals surface area contributed by atoms with E-state index in [2.05, 4.69) is 33.5 Å². The summed E-state index contributed by atoms with van der Waals surface area (Å²) >= 11 is 20.2. The lowest BCUT2D eigenvalue weighted by Crippen LogP contribution is -2.34. The second kappa shape index (κ2) is 7.97. The molecule has 0 unspecified atom stereocenters. The van der Waals surface area contributed by atoms with Gasteiger partial charge >= 0.3 is 0 Å². The normalized spacial score (nSPS) is 10.2. The molecular formula is C15H11BrCl2N2O2S. The molecule has 120 valence electrons. The van der Waals surface area contributed by atoms with Crippen molar-refractivity contribution < 1.29 is 9.53 Å². The topological polar surface area (TPSA) is 64.3 Å². The zero-order valence-electron chi connectivity index (χ0n) is 11.6. The SMILES string of the molecule is NC(=S)NC(=O)c1cc(Cl)c(OCc2ccccc2Cl)c(Br)c1. The van der Waals surface area contributed by atoms with E-state index in [1.807, 2.05) is 18.2 Å². The smallest absolute Gasteiger partial charge is 0.257 e. The Morgan fingerprint density at radius 1 is 1.26 bits per heavy atom. The number of carbonyl (C=O) groups excluding carboxylic acids is 1. The number of amides is 1. The number of carbonyl (C=O) groups is 1. The van der Waals surface area contributed by atoms with Gasteiger partial charge in [-0.05, 0) is 46.3 Å². The van der Waals surface area contributed by atoms with E-state index < -0.39 is 5.91 Å². The first-order valence-electron chi connectivity index (χ1n) is 6.34. The monoisotopic (exact) mass is 432 g/mol. The van der Waals surface area contributed by atoms with Crippen LogP contribution >= 0.6 is 51.3 Å². The largest absolute Gasteiger partial charge is 0.486 e. The molecule has 3 N–H and O–H groups in total. The van der Waals surface area contributed by atoms with Crippen molar-refractivity contribution in [2.24, 2.45) is 5.73 Å². The van der Waals surface area contributed by atoms with Crippen molar-refractivity contribution in [1.82, 2.24) is 5.32 Å². The Kier molecular flexibility index (Phi) is 6.24. The first kappa shape index (κ1) is 18.0. The van der Waals surface area contributed by atoms with E-state index in [1.54, 1.807) is 12.1 Å². The minimum atomic E-state index is -0.447. The number of thiocarbonyl (C=S) groups is 1. The highest BCUT2D eigenvalue weighted by atomic mass is 79.9. The number of hydrogen-bond donors (Lipinski definition) is 2. The first-order valence-corrected chi connectivity index (χ1v) is 8.30. The van der Waals surface area contributed by atoms with Crippen LogP contribution < -0.4 is 15.8 Å². The molecule has 0 aliphatic carbocycles. The Morgan fingerprint density at radius 2 is 1.96 bits per heavy atom. The van der Waals surface area contributed by atoms with E-state index in [9.17, 15) is 4.79 Å². The second-order valence-corrected chi connectivity index (χ2v) is 6.58. The third kappa shape index (κ3) is 4.81. The van der Waals surface area contributed by atoms with Crippen LogP contribution in [0, 0.1) is 0 Å². The van der Waals surface area contributed by atoms with E-state index in [0.717, 1.165) is 5.56 Å². The molecule has 4 nitrogen and oxygen atoms in total. The first-order chi connectivity index (χ1) is 10.9. The zero-order valence-corrected chi connectivity index (χ0v) is 15.5. The van der Waals surface area contributed by atoms with Crippen molar-refractivity contribution in [1.29, 1.82) is 0 Å². The van der Waals surface area contributed by atoms with E-state index in [0.29, 0.717) is 20.8 Å². The van der Waals surface area contributed by atoms with Gasteiger partial charge in [0.15, 0.2) is 10.9 Å². The van der Waals surface area contributed by atoms with Gasteiger partial charge in [-0.15, -0.1) is 0 Å². The molecule has 8 heteroatoms. The standard InChI is InChI=1S/C15H11BrCl2N2O2S/c16-10-5-9(14(21)20-15(19)23)6-12(18)13(10)22-7-8-3-1-2-4-11(8)17/h1-6H,7H2,(H3,19,20,21,23). The highest BCUT2D eigenvalue weighted by molar-refractivity contribution is 9.10. The van der Waals surface area contributed by atoms with E-state index >= 15 is 0 Å². The average Bonchev–Trinajstić information content (AvgIpc) is 2.47. The zero-order chi connectivity index (χ0) is 17.0. The van der Waals surface area contributed by atoms with Crippen LogP contribution in [0.15, 0.2) is 40.9 Å². The maximum Gasteiger partial charge on any atom is 0.257 e. The van der Waals surface area contributed by atoms with Crippen LogP contribution in [0.1, 0.15) is 15.9 Å². The molecule has 0 aliphatic rings. The third-order valence-corrected chi connectivity index (χ3v) is 4.17. The summed E-state index contributed by atoms with van der Waals surface area (Å²) in [7, 11) is 0. The van der Waals surface area contributed by atoms with Crippen molar-refractivity contribution in [3.63, 3.8) is 0 Å². The van der Waals surface area contributed by atoms with Gasteiger partial charge in [0.2, 0.25) is 0 Å². The summed E-state index contributed by atoms with van der Waals surface area (Å²) in [5, 5.41) is 3.10. The number of nitrogens with one attached hydrogen (secondary N) is 1. The number of rotatable bonds is 4. The third-order valence-electron chi connectivity index (χ3n) is 2.83. The number of hydrogen-bond acceptors (Lipinski definition) is 3. The van der Waals surface area contributed by atoms with Gasteiger partial charge in [-0.3, -0.25) is 10.1 Å². The molecule has 0 radical (unpaired) electrons. The van der Waals surface area contributed by atoms with Crippen molar-refractivity contribution in [2.75, 3.05) is 0 Å². The Balaban J connectivity index is 2.19. The lowest BCUT2D eigenvalue weighted by atomic mass is 10.2. The summed E-state index contributed by atoms with van der Waals surface area (Å²) in [5.74, 6) is -0.0313. The fraction of sp³-hybridized carbons (Fsp3) is 0.0667. The van der Waals surface area contributed by atoms with Crippen LogP contribution in [0.4, 0.5) is 0 Å². The van der Waals surface area contributed by atoms with Crippen molar-refractivity contribution in [3.8, 4) is 5.75 Å². The maximum absolute atomic E-state index is 11.9. The summed E-state index contributed by atoms with van der Waals surface area (Å²) < 4.78 is 6.24. The van der Waals surface area contributed by atoms with Crippen molar-refractivity contribution in [2.45, 2.75) is 6.61 Å². The van der Waals surface area contributed by atoms with E-state index in [4.69, 9.17) is 33.7 Å². The predicted molar refractivity (Wildman–Crippen MR) is 99.2 cm³/mol. The van der Waals surface area contributed by atoms with Gasteiger partial charge in [0.1, 0.15) is 6.61 Å². The molecule has 0 aliphatic heterocycles. The lowest BCUT2D eigenvalue weighted by molar-refractivity contribution is 0.0977. The van der Waals surface area contributed by atoms with Gasteiger partial charge in [0, 0.05) is 16.1 Å². The van der Waals surface area contributed by atoms with Crippen LogP contribution in [0.2, 0.25) is 10.0 Å². The van der Waals surface area contributed by atoms with Crippen LogP contribution in [0.3, 0.4) is 0 Å². The van der Waals surface area contributed by atoms with Gasteiger partial charge in [-0.2, -0.15) is 0 Å². The molecule has 23 heavy (non-hydrogen) atoms. The molecule has 2 aromatic rings. The molecule has 0 aromatic heterocycles. The van der Waals surface area contributed by atoms with Gasteiger partial charge in [-0.25, -0.2) is 0 Å². The second-order valence-electron chi connectivity index (χ2n) is 4.47. The minimum Gasteiger partial charge on any atom is -0.486 e. The van der Waals surface area contributed by atoms with Crippen LogP contribution in [0.5, 0.6) is 5.75 Å². The number of ether oxygens (including phenoxy) is 1. The molecule has 0 saturated heterocycles. The molecule has 1 amide bonds. The molecule has 0 spiro atoms. The molecule has 0 heterocycles. The van der Waals surface area contributed by atoms with E-state index in [1.165, 1.54) is 6.07 Å². The fourth-order valence-corrected chi connectivity index (χ4v) is 3.02. The quantitative estimate of drug-likeness (QED) is 0.705. The summed E-state index contributed by atoms with van der Waals surface area (Å²) in [5.41, 5.74) is 6.41. The lowest BCUT2D eigenvalue weighted by Gasteiger charge is -2.12. The van der Waals surface area contributed by atoms with Gasteiger partial charge < -0.3 is 10.5 Å². The molecule has 0 atom stereocenters. The highest BCUT2D eigenvalue weighted by Crippen LogP contribution is 2.35. The molecule has 0 bridgehead atoms. The molecule has 2 aromatic carbocycles. The Morgan fingerprint density at radius 3 is 2.57 bits per heavy atom. The molecule has 0 saturated carbocycles. The Bertz CT molecular complexity index is 748. The Hall–Kier alpha value is -1.34.